The number of anilines is 1. The van der Waals surface area contributed by atoms with Crippen molar-refractivity contribution >= 4 is 17.6 Å². The lowest BCUT2D eigenvalue weighted by molar-refractivity contribution is -0.114. The van der Waals surface area contributed by atoms with E-state index < -0.39 is 0 Å². The SMILES string of the molecule is C#Cc1cccc(NC(=O)CN=C(NCC)NCCc2ccc(F)cc2)c1. The third-order valence-corrected chi connectivity index (χ3v) is 3.66. The number of rotatable bonds is 7. The molecule has 2 aromatic rings. The van der Waals surface area contributed by atoms with Gasteiger partial charge >= 0.3 is 0 Å². The maximum Gasteiger partial charge on any atom is 0.246 e. The predicted molar refractivity (Wildman–Crippen MR) is 107 cm³/mol. The first-order valence-corrected chi connectivity index (χ1v) is 8.74. The lowest BCUT2D eigenvalue weighted by atomic mass is 10.1. The number of nitrogens with zero attached hydrogens (tertiary/aromatic N) is 1. The third-order valence-electron chi connectivity index (χ3n) is 3.66. The van der Waals surface area contributed by atoms with Gasteiger partial charge in [-0.2, -0.15) is 0 Å². The topological polar surface area (TPSA) is 65.5 Å². The van der Waals surface area contributed by atoms with Gasteiger partial charge < -0.3 is 16.0 Å². The Bertz CT molecular complexity index is 825. The molecule has 2 rings (SSSR count). The van der Waals surface area contributed by atoms with E-state index in [0.717, 1.165) is 12.0 Å². The summed E-state index contributed by atoms with van der Waals surface area (Å²) in [5, 5.41) is 9.02. The lowest BCUT2D eigenvalue weighted by Crippen LogP contribution is -2.39. The van der Waals surface area contributed by atoms with Crippen LogP contribution in [0.2, 0.25) is 0 Å². The second kappa shape index (κ2) is 10.6. The number of aliphatic imine (C=N–C) groups is 1. The van der Waals surface area contributed by atoms with E-state index in [-0.39, 0.29) is 18.3 Å². The highest BCUT2D eigenvalue weighted by Crippen LogP contribution is 2.09. The van der Waals surface area contributed by atoms with E-state index in [4.69, 9.17) is 6.42 Å². The summed E-state index contributed by atoms with van der Waals surface area (Å²) in [5.74, 6) is 2.59. The summed E-state index contributed by atoms with van der Waals surface area (Å²) in [6, 6.07) is 13.5. The van der Waals surface area contributed by atoms with Gasteiger partial charge in [-0.1, -0.05) is 24.1 Å². The Hall–Kier alpha value is -3.33. The second-order valence-corrected chi connectivity index (χ2v) is 5.77. The van der Waals surface area contributed by atoms with E-state index in [1.165, 1.54) is 12.1 Å². The molecule has 0 heterocycles. The number of halogens is 1. The van der Waals surface area contributed by atoms with Crippen LogP contribution >= 0.6 is 0 Å². The molecule has 0 atom stereocenters. The molecule has 6 heteroatoms. The van der Waals surface area contributed by atoms with E-state index in [0.29, 0.717) is 30.3 Å². The van der Waals surface area contributed by atoms with E-state index in [1.54, 1.807) is 36.4 Å². The second-order valence-electron chi connectivity index (χ2n) is 5.77. The number of carbonyl (C=O) groups excluding carboxylic acids is 1. The Kier molecular flexibility index (Phi) is 7.86. The fourth-order valence-corrected chi connectivity index (χ4v) is 2.36. The minimum atomic E-state index is -0.250. The van der Waals surface area contributed by atoms with Crippen molar-refractivity contribution in [3.8, 4) is 12.3 Å². The van der Waals surface area contributed by atoms with Crippen molar-refractivity contribution in [2.24, 2.45) is 4.99 Å². The molecule has 0 saturated heterocycles. The van der Waals surface area contributed by atoms with Gasteiger partial charge in [0, 0.05) is 24.3 Å². The highest BCUT2D eigenvalue weighted by molar-refractivity contribution is 5.94. The van der Waals surface area contributed by atoms with Crippen LogP contribution in [0.5, 0.6) is 0 Å². The smallest absolute Gasteiger partial charge is 0.246 e. The van der Waals surface area contributed by atoms with Crippen LogP contribution in [-0.2, 0) is 11.2 Å². The molecule has 140 valence electrons. The number of benzene rings is 2. The molecule has 3 N–H and O–H groups in total. The fraction of sp³-hybridized carbons (Fsp3) is 0.238. The van der Waals surface area contributed by atoms with Crippen LogP contribution in [0, 0.1) is 18.2 Å². The number of terminal acetylenes is 1. The Morgan fingerprint density at radius 3 is 2.67 bits per heavy atom. The van der Waals surface area contributed by atoms with Crippen LogP contribution in [0.3, 0.4) is 0 Å². The Labute approximate surface area is 159 Å². The number of hydrogen-bond acceptors (Lipinski definition) is 2. The molecule has 0 fully saturated rings. The predicted octanol–water partition coefficient (Wildman–Crippen LogP) is 2.54. The van der Waals surface area contributed by atoms with Gasteiger partial charge in [-0.3, -0.25) is 4.79 Å². The molecule has 0 radical (unpaired) electrons. The fourth-order valence-electron chi connectivity index (χ4n) is 2.36. The average Bonchev–Trinajstić information content (AvgIpc) is 2.68. The van der Waals surface area contributed by atoms with Gasteiger partial charge in [0.25, 0.3) is 0 Å². The number of carbonyl (C=O) groups is 1. The van der Waals surface area contributed by atoms with Crippen LogP contribution in [-0.4, -0.2) is 31.5 Å². The van der Waals surface area contributed by atoms with E-state index in [9.17, 15) is 9.18 Å². The number of guanidine groups is 1. The average molecular weight is 366 g/mol. The number of nitrogens with one attached hydrogen (secondary N) is 3. The summed E-state index contributed by atoms with van der Waals surface area (Å²) in [7, 11) is 0. The van der Waals surface area contributed by atoms with E-state index in [2.05, 4.69) is 26.9 Å². The molecular weight excluding hydrogens is 343 g/mol. The summed E-state index contributed by atoms with van der Waals surface area (Å²) < 4.78 is 12.9. The molecule has 0 aliphatic carbocycles. The van der Waals surface area contributed by atoms with Gasteiger partial charge in [0.2, 0.25) is 5.91 Å². The quantitative estimate of drug-likeness (QED) is 0.401. The zero-order chi connectivity index (χ0) is 19.5. The first-order valence-electron chi connectivity index (χ1n) is 8.74. The lowest BCUT2D eigenvalue weighted by Gasteiger charge is -2.11. The van der Waals surface area contributed by atoms with Gasteiger partial charge in [0.1, 0.15) is 12.4 Å². The molecule has 0 unspecified atom stereocenters. The summed E-state index contributed by atoms with van der Waals surface area (Å²) in [4.78, 5) is 16.4. The highest BCUT2D eigenvalue weighted by Gasteiger charge is 2.04. The molecule has 0 aliphatic rings. The molecule has 5 nitrogen and oxygen atoms in total. The monoisotopic (exact) mass is 366 g/mol. The van der Waals surface area contributed by atoms with Crippen LogP contribution in [0.4, 0.5) is 10.1 Å². The van der Waals surface area contributed by atoms with Gasteiger partial charge in [0.15, 0.2) is 5.96 Å². The van der Waals surface area contributed by atoms with Crippen molar-refractivity contribution in [1.29, 1.82) is 0 Å². The van der Waals surface area contributed by atoms with Crippen molar-refractivity contribution in [3.63, 3.8) is 0 Å². The van der Waals surface area contributed by atoms with Crippen molar-refractivity contribution in [2.45, 2.75) is 13.3 Å². The molecule has 0 spiro atoms. The van der Waals surface area contributed by atoms with Crippen LogP contribution < -0.4 is 16.0 Å². The zero-order valence-corrected chi connectivity index (χ0v) is 15.3. The molecule has 0 aromatic heterocycles. The van der Waals surface area contributed by atoms with Crippen LogP contribution in [0.25, 0.3) is 0 Å². The molecule has 0 saturated carbocycles. The van der Waals surface area contributed by atoms with Crippen molar-refractivity contribution in [2.75, 3.05) is 25.0 Å². The largest absolute Gasteiger partial charge is 0.357 e. The van der Waals surface area contributed by atoms with Gasteiger partial charge in [-0.05, 0) is 49.2 Å². The number of amides is 1. The number of hydrogen-bond donors (Lipinski definition) is 3. The van der Waals surface area contributed by atoms with Gasteiger partial charge in [0.05, 0.1) is 0 Å². The summed E-state index contributed by atoms with van der Waals surface area (Å²) in [6.45, 7) is 3.21. The summed E-state index contributed by atoms with van der Waals surface area (Å²) >= 11 is 0. The summed E-state index contributed by atoms with van der Waals surface area (Å²) in [6.07, 6.45) is 6.08. The van der Waals surface area contributed by atoms with Crippen LogP contribution in [0.1, 0.15) is 18.1 Å². The van der Waals surface area contributed by atoms with Crippen molar-refractivity contribution in [3.05, 3.63) is 65.5 Å². The highest BCUT2D eigenvalue weighted by atomic mass is 19.1. The van der Waals surface area contributed by atoms with Crippen molar-refractivity contribution < 1.29 is 9.18 Å². The maximum absolute atomic E-state index is 12.9. The molecule has 27 heavy (non-hydrogen) atoms. The molecule has 2 aromatic carbocycles. The Morgan fingerprint density at radius 1 is 1.19 bits per heavy atom. The Balaban J connectivity index is 1.85. The van der Waals surface area contributed by atoms with E-state index >= 15 is 0 Å². The Morgan fingerprint density at radius 2 is 1.96 bits per heavy atom. The first kappa shape index (κ1) is 20.0. The van der Waals surface area contributed by atoms with Crippen molar-refractivity contribution in [1.82, 2.24) is 10.6 Å². The van der Waals surface area contributed by atoms with Crippen LogP contribution in [0.15, 0.2) is 53.5 Å². The maximum atomic E-state index is 12.9. The molecule has 0 bridgehead atoms. The minimum absolute atomic E-state index is 0.0217. The third kappa shape index (κ3) is 7.20. The molecular formula is C21H23FN4O. The summed E-state index contributed by atoms with van der Waals surface area (Å²) in [5.41, 5.74) is 2.36. The normalized spacial score (nSPS) is 10.8. The van der Waals surface area contributed by atoms with Gasteiger partial charge in [-0.25, -0.2) is 9.38 Å². The standard InChI is InChI=1S/C21H23FN4O/c1-3-16-6-5-7-19(14-16)26-20(27)15-25-21(23-4-2)24-13-12-17-8-10-18(22)11-9-17/h1,5-11,14H,4,12-13,15H2,2H3,(H,26,27)(H2,23,24,25). The first-order chi connectivity index (χ1) is 13.1. The van der Waals surface area contributed by atoms with E-state index in [1.807, 2.05) is 6.92 Å². The molecule has 1 amide bonds. The molecule has 0 aliphatic heterocycles. The minimum Gasteiger partial charge on any atom is -0.357 e. The zero-order valence-electron chi connectivity index (χ0n) is 15.3. The van der Waals surface area contributed by atoms with Gasteiger partial charge in [-0.15, -0.1) is 6.42 Å².